The molecule has 2 nitrogen and oxygen atoms in total. The van der Waals surface area contributed by atoms with E-state index in [9.17, 15) is 0 Å². The summed E-state index contributed by atoms with van der Waals surface area (Å²) in [6.45, 7) is 24.5. The summed E-state index contributed by atoms with van der Waals surface area (Å²) in [6.07, 6.45) is 8.05. The molecule has 1 unspecified atom stereocenters. The van der Waals surface area contributed by atoms with Crippen molar-refractivity contribution in [2.45, 2.75) is 60.8 Å². The van der Waals surface area contributed by atoms with E-state index in [1.54, 1.807) is 13.2 Å². The third-order valence-electron chi connectivity index (χ3n) is 3.32. The maximum atomic E-state index is 8.81. The second kappa shape index (κ2) is 19.6. The Kier molecular flexibility index (Phi) is 22.4. The largest absolute Gasteiger partial charge is 0.380 e. The molecule has 0 saturated carbocycles. The van der Waals surface area contributed by atoms with Gasteiger partial charge in [-0.2, -0.15) is 0 Å². The summed E-state index contributed by atoms with van der Waals surface area (Å²) in [5, 5.41) is 0. The second-order valence-corrected chi connectivity index (χ2v) is 6.16. The summed E-state index contributed by atoms with van der Waals surface area (Å²) in [4.78, 5) is 8.81. The van der Waals surface area contributed by atoms with Crippen LogP contribution in [0.1, 0.15) is 60.8 Å². The van der Waals surface area contributed by atoms with Gasteiger partial charge in [0.15, 0.2) is 0 Å². The molecule has 24 heavy (non-hydrogen) atoms. The zero-order chi connectivity index (χ0) is 19.5. The predicted octanol–water partition coefficient (Wildman–Crippen LogP) is 6.55. The lowest BCUT2D eigenvalue weighted by Crippen LogP contribution is -2.07. The normalized spacial score (nSPS) is 11.4. The third-order valence-corrected chi connectivity index (χ3v) is 3.32. The number of ether oxygens (including phenoxy) is 1. The first-order chi connectivity index (χ1) is 11.2. The van der Waals surface area contributed by atoms with Crippen LogP contribution in [-0.2, 0) is 9.53 Å². The number of aldehydes is 1. The minimum absolute atomic E-state index is 0.512. The number of allylic oxidation sites excluding steroid dienone is 3. The number of hydrogen-bond donors (Lipinski definition) is 0. The molecule has 0 N–H and O–H groups in total. The average molecular weight is 337 g/mol. The van der Waals surface area contributed by atoms with E-state index in [-0.39, 0.29) is 0 Å². The van der Waals surface area contributed by atoms with Crippen molar-refractivity contribution in [2.24, 2.45) is 11.8 Å². The molecule has 0 radical (unpaired) electrons. The molecule has 0 saturated heterocycles. The van der Waals surface area contributed by atoms with Gasteiger partial charge in [0.25, 0.3) is 0 Å². The van der Waals surface area contributed by atoms with Crippen molar-refractivity contribution in [1.82, 2.24) is 0 Å². The Hall–Kier alpha value is -1.41. The van der Waals surface area contributed by atoms with E-state index >= 15 is 0 Å². The number of carbonyl (C=O) groups is 1. The Labute approximate surface area is 151 Å². The third kappa shape index (κ3) is 18.6. The van der Waals surface area contributed by atoms with Gasteiger partial charge < -0.3 is 9.53 Å². The van der Waals surface area contributed by atoms with Gasteiger partial charge in [-0.25, -0.2) is 0 Å². The highest BCUT2D eigenvalue weighted by atomic mass is 16.5. The molecule has 0 aliphatic heterocycles. The molecule has 0 heterocycles. The van der Waals surface area contributed by atoms with Gasteiger partial charge in [-0.15, -0.1) is 6.58 Å². The molecule has 0 aromatic rings. The van der Waals surface area contributed by atoms with Gasteiger partial charge in [0.1, 0.15) is 6.29 Å². The fourth-order valence-corrected chi connectivity index (χ4v) is 1.81. The second-order valence-electron chi connectivity index (χ2n) is 6.16. The molecule has 1 atom stereocenters. The first-order valence-electron chi connectivity index (χ1n) is 8.78. The van der Waals surface area contributed by atoms with E-state index in [4.69, 9.17) is 9.53 Å². The Bertz CT molecular complexity index is 369. The van der Waals surface area contributed by atoms with Gasteiger partial charge in [-0.05, 0) is 49.7 Å². The van der Waals surface area contributed by atoms with Crippen LogP contribution in [0.15, 0.2) is 48.6 Å². The van der Waals surface area contributed by atoms with Gasteiger partial charge in [0.05, 0.1) is 6.61 Å². The van der Waals surface area contributed by atoms with Crippen molar-refractivity contribution in [3.63, 3.8) is 0 Å². The van der Waals surface area contributed by atoms with Gasteiger partial charge in [0, 0.05) is 7.11 Å². The first-order valence-corrected chi connectivity index (χ1v) is 8.78. The van der Waals surface area contributed by atoms with Crippen LogP contribution < -0.4 is 0 Å². The number of carbonyl (C=O) groups excluding carboxylic acids is 1. The molecule has 0 aliphatic carbocycles. The van der Waals surface area contributed by atoms with E-state index in [0.717, 1.165) is 24.2 Å². The molecular weight excluding hydrogens is 296 g/mol. The average Bonchev–Trinajstić information content (AvgIpc) is 2.52. The quantitative estimate of drug-likeness (QED) is 0.271. The first kappa shape index (κ1) is 27.4. The van der Waals surface area contributed by atoms with Gasteiger partial charge in [-0.1, -0.05) is 65.0 Å². The van der Waals surface area contributed by atoms with Crippen LogP contribution in [0.3, 0.4) is 0 Å². The van der Waals surface area contributed by atoms with Crippen LogP contribution in [-0.4, -0.2) is 20.0 Å². The lowest BCUT2D eigenvalue weighted by molar-refractivity contribution is -0.106. The maximum absolute atomic E-state index is 8.81. The van der Waals surface area contributed by atoms with Crippen LogP contribution in [0, 0.1) is 11.8 Å². The number of hydrogen-bond acceptors (Lipinski definition) is 2. The van der Waals surface area contributed by atoms with Crippen molar-refractivity contribution < 1.29 is 9.53 Å². The smallest absolute Gasteiger partial charge is 0.116 e. The van der Waals surface area contributed by atoms with Crippen LogP contribution >= 0.6 is 0 Å². The lowest BCUT2D eigenvalue weighted by Gasteiger charge is -2.19. The van der Waals surface area contributed by atoms with Gasteiger partial charge in [0.2, 0.25) is 0 Å². The summed E-state index contributed by atoms with van der Waals surface area (Å²) in [7, 11) is 1.73. The highest BCUT2D eigenvalue weighted by Crippen LogP contribution is 2.25. The van der Waals surface area contributed by atoms with Crippen LogP contribution in [0.4, 0.5) is 0 Å². The predicted molar refractivity (Wildman–Crippen MR) is 109 cm³/mol. The minimum Gasteiger partial charge on any atom is -0.380 e. The summed E-state index contributed by atoms with van der Waals surface area (Å²) < 4.78 is 5.28. The van der Waals surface area contributed by atoms with Crippen molar-refractivity contribution in [3.8, 4) is 0 Å². The summed E-state index contributed by atoms with van der Waals surface area (Å²) in [6, 6.07) is 0. The molecule has 0 spiro atoms. The molecule has 0 fully saturated rings. The van der Waals surface area contributed by atoms with E-state index in [1.807, 2.05) is 6.92 Å². The fraction of sp³-hybridized carbons (Fsp3) is 0.591. The summed E-state index contributed by atoms with van der Waals surface area (Å²) in [5.74, 6) is 1.26. The van der Waals surface area contributed by atoms with E-state index in [0.29, 0.717) is 12.5 Å². The molecule has 2 heteroatoms. The topological polar surface area (TPSA) is 26.3 Å². The van der Waals surface area contributed by atoms with Crippen molar-refractivity contribution in [3.05, 3.63) is 48.6 Å². The molecule has 0 rings (SSSR count). The minimum atomic E-state index is 0.512. The van der Waals surface area contributed by atoms with E-state index in [1.165, 1.54) is 30.9 Å². The molecule has 140 valence electrons. The molecule has 0 aliphatic rings. The highest BCUT2D eigenvalue weighted by Gasteiger charge is 2.12. The highest BCUT2D eigenvalue weighted by molar-refractivity contribution is 5.44. The van der Waals surface area contributed by atoms with Crippen molar-refractivity contribution >= 4 is 6.29 Å². The van der Waals surface area contributed by atoms with Crippen molar-refractivity contribution in [1.29, 1.82) is 0 Å². The molecule has 0 aromatic carbocycles. The van der Waals surface area contributed by atoms with Gasteiger partial charge >= 0.3 is 0 Å². The Morgan fingerprint density at radius 1 is 1.12 bits per heavy atom. The fourth-order valence-electron chi connectivity index (χ4n) is 1.81. The molecular formula is C22H40O2. The molecule has 0 aromatic heterocycles. The SMILES string of the molecule is C=C(/C=C(/COC)C(=C)C(C)CCC(C)C)CC.C=CC.CC=O. The summed E-state index contributed by atoms with van der Waals surface area (Å²) in [5.41, 5.74) is 3.53. The molecule has 0 amide bonds. The number of methoxy groups -OCH3 is 1. The van der Waals surface area contributed by atoms with Crippen LogP contribution in [0.2, 0.25) is 0 Å². The van der Waals surface area contributed by atoms with Gasteiger partial charge in [-0.3, -0.25) is 0 Å². The lowest BCUT2D eigenvalue weighted by atomic mass is 9.88. The van der Waals surface area contributed by atoms with E-state index in [2.05, 4.69) is 53.5 Å². The Balaban J connectivity index is -0.000000635. The molecule has 0 bridgehead atoms. The Morgan fingerprint density at radius 2 is 1.58 bits per heavy atom. The van der Waals surface area contributed by atoms with Crippen LogP contribution in [0.25, 0.3) is 0 Å². The number of rotatable bonds is 9. The van der Waals surface area contributed by atoms with Crippen LogP contribution in [0.5, 0.6) is 0 Å². The summed E-state index contributed by atoms with van der Waals surface area (Å²) >= 11 is 0. The monoisotopic (exact) mass is 336 g/mol. The van der Waals surface area contributed by atoms with E-state index < -0.39 is 0 Å². The Morgan fingerprint density at radius 3 is 1.92 bits per heavy atom. The zero-order valence-electron chi connectivity index (χ0n) is 17.2. The van der Waals surface area contributed by atoms with Crippen molar-refractivity contribution in [2.75, 3.05) is 13.7 Å². The maximum Gasteiger partial charge on any atom is 0.116 e. The zero-order valence-corrected chi connectivity index (χ0v) is 17.2. The standard InChI is InChI=1S/C17H30O.C3H6.C2H4O/c1-8-14(4)11-17(12-18-7)16(6)15(5)10-9-13(2)3;1-3-2;1-2-3/h11,13,15H,4,6,8-10,12H2,1-3,5,7H3;3H,1H2,2H3;2H,1H3/b17-11-;;.